The van der Waals surface area contributed by atoms with E-state index in [1.54, 1.807) is 6.92 Å². The van der Waals surface area contributed by atoms with Crippen LogP contribution in [0.1, 0.15) is 13.8 Å². The third kappa shape index (κ3) is 5.00. The number of ketones is 1. The fourth-order valence-electron chi connectivity index (χ4n) is 3.86. The molecule has 180 valence electrons. The lowest BCUT2D eigenvalue weighted by atomic mass is 9.68. The molecule has 0 N–H and O–H groups in total. The molecule has 0 spiro atoms. The van der Waals surface area contributed by atoms with Gasteiger partial charge in [0.25, 0.3) is 0 Å². The maximum atomic E-state index is 13.5. The van der Waals surface area contributed by atoms with E-state index in [2.05, 4.69) is 45.9 Å². The van der Waals surface area contributed by atoms with Gasteiger partial charge in [-0.1, -0.05) is 51.9 Å². The van der Waals surface area contributed by atoms with Gasteiger partial charge in [0.15, 0.2) is 11.2 Å². The Bertz CT molecular complexity index is 823. The summed E-state index contributed by atoms with van der Waals surface area (Å²) in [4.78, 5) is 39.7. The predicted molar refractivity (Wildman–Crippen MR) is 128 cm³/mol. The van der Waals surface area contributed by atoms with E-state index in [1.807, 2.05) is 0 Å². The average molecular weight is 483 g/mol. The van der Waals surface area contributed by atoms with Gasteiger partial charge in [0.05, 0.1) is 12.2 Å². The summed E-state index contributed by atoms with van der Waals surface area (Å²) in [6, 6.07) is 1.52. The van der Waals surface area contributed by atoms with Crippen LogP contribution in [0, 0.1) is 5.41 Å². The van der Waals surface area contributed by atoms with Gasteiger partial charge in [-0.15, -0.1) is 0 Å². The summed E-state index contributed by atoms with van der Waals surface area (Å²) in [7, 11) is -2.97. The summed E-state index contributed by atoms with van der Waals surface area (Å²) in [6.07, 6.45) is 2.87. The molecule has 0 saturated carbocycles. The van der Waals surface area contributed by atoms with Crippen LogP contribution < -0.4 is 0 Å². The molecule has 0 aromatic heterocycles. The number of ether oxygens (including phenoxy) is 4. The lowest BCUT2D eigenvalue weighted by molar-refractivity contribution is -0.241. The van der Waals surface area contributed by atoms with E-state index in [0.717, 1.165) is 12.1 Å². The highest BCUT2D eigenvalue weighted by molar-refractivity contribution is 6.76. The third-order valence-electron chi connectivity index (χ3n) is 5.90. The predicted octanol–water partition coefficient (Wildman–Crippen LogP) is 3.95. The third-order valence-corrected chi connectivity index (χ3v) is 9.30. The summed E-state index contributed by atoms with van der Waals surface area (Å²) in [5, 5.41) is 0. The minimum Gasteiger partial charge on any atom is -0.465 e. The standard InChI is InChI=1S/C23H38O7Si2/c1-10-11-27-18(24)17-16-21(2)19(25)22(3,20(26)28-12-14-31(4,5)6)23(17,30-21)29-13-15-32(7,8)9/h10,16H,1,11-15H2,2-9H3/t21-,22?,23+/m0/s1. The van der Waals surface area contributed by atoms with Gasteiger partial charge < -0.3 is 18.9 Å². The van der Waals surface area contributed by atoms with Crippen molar-refractivity contribution in [1.82, 2.24) is 0 Å². The van der Waals surface area contributed by atoms with Gasteiger partial charge in [0.2, 0.25) is 5.79 Å². The van der Waals surface area contributed by atoms with E-state index >= 15 is 0 Å². The first-order chi connectivity index (χ1) is 14.5. The first-order valence-corrected chi connectivity index (χ1v) is 18.5. The Morgan fingerprint density at radius 2 is 1.59 bits per heavy atom. The quantitative estimate of drug-likeness (QED) is 0.191. The molecule has 32 heavy (non-hydrogen) atoms. The number of hydrogen-bond acceptors (Lipinski definition) is 7. The minimum absolute atomic E-state index is 0.0107. The van der Waals surface area contributed by atoms with Gasteiger partial charge in [-0.05, 0) is 32.0 Å². The normalized spacial score (nSPS) is 29.6. The number of Topliss-reactive ketones (excluding diaryl/α,β-unsaturated/α-hetero) is 1. The van der Waals surface area contributed by atoms with E-state index in [1.165, 1.54) is 19.1 Å². The molecule has 2 aliphatic heterocycles. The molecule has 2 rings (SSSR count). The van der Waals surface area contributed by atoms with Crippen molar-refractivity contribution >= 4 is 33.9 Å². The minimum atomic E-state index is -1.88. The van der Waals surface area contributed by atoms with Gasteiger partial charge in [-0.25, -0.2) is 4.79 Å². The molecule has 3 atom stereocenters. The van der Waals surface area contributed by atoms with Crippen LogP contribution in [0.25, 0.3) is 0 Å². The topological polar surface area (TPSA) is 88.1 Å². The summed E-state index contributed by atoms with van der Waals surface area (Å²) in [5.74, 6) is -3.79. The highest BCUT2D eigenvalue weighted by Crippen LogP contribution is 2.59. The fraction of sp³-hybridized carbons (Fsp3) is 0.696. The largest absolute Gasteiger partial charge is 0.465 e. The average Bonchev–Trinajstić information content (AvgIpc) is 3.05. The zero-order valence-electron chi connectivity index (χ0n) is 20.8. The van der Waals surface area contributed by atoms with Crippen molar-refractivity contribution in [2.24, 2.45) is 5.41 Å². The van der Waals surface area contributed by atoms with Crippen molar-refractivity contribution in [2.75, 3.05) is 19.8 Å². The Kier molecular flexibility index (Phi) is 7.51. The molecule has 2 heterocycles. The van der Waals surface area contributed by atoms with E-state index < -0.39 is 50.7 Å². The van der Waals surface area contributed by atoms with Gasteiger partial charge in [-0.2, -0.15) is 0 Å². The fourth-order valence-corrected chi connectivity index (χ4v) is 5.29. The summed E-state index contributed by atoms with van der Waals surface area (Å²) in [6.45, 7) is 20.1. The van der Waals surface area contributed by atoms with Crippen molar-refractivity contribution in [3.63, 3.8) is 0 Å². The van der Waals surface area contributed by atoms with Crippen LogP contribution in [-0.2, 0) is 33.3 Å². The Morgan fingerprint density at radius 3 is 2.12 bits per heavy atom. The maximum absolute atomic E-state index is 13.5. The van der Waals surface area contributed by atoms with E-state index in [9.17, 15) is 14.4 Å². The van der Waals surface area contributed by atoms with Gasteiger partial charge in [-0.3, -0.25) is 9.59 Å². The first kappa shape index (κ1) is 26.7. The molecule has 9 heteroatoms. The molecule has 0 aromatic rings. The molecule has 1 saturated heterocycles. The second kappa shape index (κ2) is 9.00. The molecular weight excluding hydrogens is 444 g/mol. The lowest BCUT2D eigenvalue weighted by Gasteiger charge is -2.39. The molecular formula is C23H38O7Si2. The Balaban J connectivity index is 2.45. The van der Waals surface area contributed by atoms with Crippen LogP contribution in [0.2, 0.25) is 51.4 Å². The second-order valence-electron chi connectivity index (χ2n) is 11.3. The number of esters is 2. The van der Waals surface area contributed by atoms with Crippen LogP contribution in [0.4, 0.5) is 0 Å². The van der Waals surface area contributed by atoms with Crippen LogP contribution in [-0.4, -0.2) is 65.1 Å². The zero-order chi connectivity index (χ0) is 24.6. The molecule has 0 aromatic carbocycles. The number of hydrogen-bond donors (Lipinski definition) is 0. The molecule has 0 aliphatic carbocycles. The molecule has 1 fully saturated rings. The highest BCUT2D eigenvalue weighted by atomic mass is 28.3. The summed E-state index contributed by atoms with van der Waals surface area (Å²) >= 11 is 0. The SMILES string of the molecule is C=CCOC(=O)C1=C[C@]2(C)O[C@@]1(OCC[Si](C)(C)C)C(C)(C(=O)OCC[Si](C)(C)C)C2=O. The Hall–Kier alpha value is -1.56. The van der Waals surface area contributed by atoms with Gasteiger partial charge >= 0.3 is 11.9 Å². The van der Waals surface area contributed by atoms with Crippen molar-refractivity contribution in [2.45, 2.75) is 76.6 Å². The Labute approximate surface area is 193 Å². The number of fused-ring (bicyclic) bond motifs is 2. The molecule has 2 aliphatic rings. The second-order valence-corrected chi connectivity index (χ2v) is 22.6. The number of carbonyl (C=O) groups excluding carboxylic acids is 3. The van der Waals surface area contributed by atoms with Crippen LogP contribution in [0.15, 0.2) is 24.3 Å². The monoisotopic (exact) mass is 482 g/mol. The van der Waals surface area contributed by atoms with Crippen molar-refractivity contribution in [3.8, 4) is 0 Å². The van der Waals surface area contributed by atoms with E-state index in [0.29, 0.717) is 0 Å². The van der Waals surface area contributed by atoms with Gasteiger partial charge in [0, 0.05) is 22.8 Å². The number of carbonyl (C=O) groups is 3. The smallest absolute Gasteiger partial charge is 0.339 e. The molecule has 0 radical (unpaired) electrons. The van der Waals surface area contributed by atoms with Gasteiger partial charge in [0.1, 0.15) is 12.2 Å². The van der Waals surface area contributed by atoms with Crippen molar-refractivity contribution < 1.29 is 33.3 Å². The van der Waals surface area contributed by atoms with E-state index in [4.69, 9.17) is 18.9 Å². The first-order valence-electron chi connectivity index (χ1n) is 11.1. The highest BCUT2D eigenvalue weighted by Gasteiger charge is 2.79. The Morgan fingerprint density at radius 1 is 1.03 bits per heavy atom. The van der Waals surface area contributed by atoms with Crippen molar-refractivity contribution in [1.29, 1.82) is 0 Å². The van der Waals surface area contributed by atoms with Crippen LogP contribution in [0.5, 0.6) is 0 Å². The molecule has 7 nitrogen and oxygen atoms in total. The zero-order valence-corrected chi connectivity index (χ0v) is 22.8. The van der Waals surface area contributed by atoms with Crippen LogP contribution in [0.3, 0.4) is 0 Å². The summed E-state index contributed by atoms with van der Waals surface area (Å²) < 4.78 is 23.1. The number of rotatable bonds is 11. The van der Waals surface area contributed by atoms with Crippen LogP contribution >= 0.6 is 0 Å². The van der Waals surface area contributed by atoms with E-state index in [-0.39, 0.29) is 25.4 Å². The van der Waals surface area contributed by atoms with Crippen molar-refractivity contribution in [3.05, 3.63) is 24.3 Å². The maximum Gasteiger partial charge on any atom is 0.339 e. The molecule has 2 bridgehead atoms. The molecule has 0 amide bonds. The summed E-state index contributed by atoms with van der Waals surface area (Å²) in [5.41, 5.74) is -3.27. The lowest BCUT2D eigenvalue weighted by Crippen LogP contribution is -2.58. The molecule has 1 unspecified atom stereocenters.